The molecule has 0 saturated carbocycles. The zero-order valence-corrected chi connectivity index (χ0v) is 14.2. The summed E-state index contributed by atoms with van der Waals surface area (Å²) in [4.78, 5) is 0. The maximum absolute atomic E-state index is 5.79. The summed E-state index contributed by atoms with van der Waals surface area (Å²) in [6.45, 7) is 4.16. The van der Waals surface area contributed by atoms with E-state index in [9.17, 15) is 0 Å². The number of aryl methyl sites for hydroxylation is 2. The van der Waals surface area contributed by atoms with Gasteiger partial charge in [-0.2, -0.15) is 0 Å². The SMILES string of the molecule is COc1ccc(C)cc1CC(NN)c1cc(C)ccc1Br. The molecule has 112 valence electrons. The van der Waals surface area contributed by atoms with Crippen LogP contribution in [0.5, 0.6) is 5.75 Å². The molecule has 0 amide bonds. The van der Waals surface area contributed by atoms with E-state index in [0.29, 0.717) is 0 Å². The van der Waals surface area contributed by atoms with Crippen molar-refractivity contribution in [2.45, 2.75) is 26.3 Å². The number of rotatable bonds is 5. The minimum absolute atomic E-state index is 0.0231. The van der Waals surface area contributed by atoms with Crippen molar-refractivity contribution >= 4 is 15.9 Å². The van der Waals surface area contributed by atoms with Gasteiger partial charge in [-0.1, -0.05) is 51.3 Å². The van der Waals surface area contributed by atoms with Crippen LogP contribution in [0.25, 0.3) is 0 Å². The van der Waals surface area contributed by atoms with E-state index in [1.807, 2.05) is 6.07 Å². The van der Waals surface area contributed by atoms with Crippen LogP contribution in [0, 0.1) is 13.8 Å². The summed E-state index contributed by atoms with van der Waals surface area (Å²) in [5.74, 6) is 6.68. The van der Waals surface area contributed by atoms with Gasteiger partial charge in [-0.05, 0) is 43.5 Å². The molecule has 1 unspecified atom stereocenters. The Labute approximate surface area is 134 Å². The molecule has 2 rings (SSSR count). The third-order valence-corrected chi connectivity index (χ3v) is 4.31. The lowest BCUT2D eigenvalue weighted by molar-refractivity contribution is 0.405. The first-order valence-electron chi connectivity index (χ1n) is 6.91. The van der Waals surface area contributed by atoms with Gasteiger partial charge in [0.05, 0.1) is 13.2 Å². The third kappa shape index (κ3) is 3.84. The number of hydrazine groups is 1. The van der Waals surface area contributed by atoms with E-state index in [2.05, 4.69) is 65.5 Å². The quantitative estimate of drug-likeness (QED) is 0.637. The first-order chi connectivity index (χ1) is 10.0. The van der Waals surface area contributed by atoms with Gasteiger partial charge in [-0.25, -0.2) is 0 Å². The van der Waals surface area contributed by atoms with E-state index in [-0.39, 0.29) is 6.04 Å². The summed E-state index contributed by atoms with van der Waals surface area (Å²) in [5, 5.41) is 0. The zero-order chi connectivity index (χ0) is 15.4. The lowest BCUT2D eigenvalue weighted by atomic mass is 9.96. The summed E-state index contributed by atoms with van der Waals surface area (Å²) < 4.78 is 6.51. The molecule has 0 aliphatic rings. The fourth-order valence-electron chi connectivity index (χ4n) is 2.48. The number of halogens is 1. The highest BCUT2D eigenvalue weighted by molar-refractivity contribution is 9.10. The number of benzene rings is 2. The topological polar surface area (TPSA) is 47.3 Å². The molecule has 4 heteroatoms. The zero-order valence-electron chi connectivity index (χ0n) is 12.6. The summed E-state index contributed by atoms with van der Waals surface area (Å²) >= 11 is 3.61. The minimum Gasteiger partial charge on any atom is -0.496 e. The Hall–Kier alpha value is -1.36. The number of nitrogens with two attached hydrogens (primary N) is 1. The Morgan fingerprint density at radius 1 is 1.14 bits per heavy atom. The van der Waals surface area contributed by atoms with Gasteiger partial charge in [0.15, 0.2) is 0 Å². The maximum atomic E-state index is 5.79. The van der Waals surface area contributed by atoms with Gasteiger partial charge >= 0.3 is 0 Å². The van der Waals surface area contributed by atoms with Crippen molar-refractivity contribution < 1.29 is 4.74 Å². The van der Waals surface area contributed by atoms with Crippen LogP contribution in [0.4, 0.5) is 0 Å². The van der Waals surface area contributed by atoms with Crippen LogP contribution in [0.15, 0.2) is 40.9 Å². The summed E-state index contributed by atoms with van der Waals surface area (Å²) in [6, 6.07) is 12.5. The Bertz CT molecular complexity index is 628. The lowest BCUT2D eigenvalue weighted by Gasteiger charge is -2.20. The first-order valence-corrected chi connectivity index (χ1v) is 7.70. The molecule has 0 radical (unpaired) electrons. The van der Waals surface area contributed by atoms with Gasteiger partial charge in [0.2, 0.25) is 0 Å². The smallest absolute Gasteiger partial charge is 0.122 e. The second-order valence-electron chi connectivity index (χ2n) is 5.26. The number of methoxy groups -OCH3 is 1. The van der Waals surface area contributed by atoms with E-state index in [1.165, 1.54) is 11.1 Å². The van der Waals surface area contributed by atoms with Gasteiger partial charge in [0, 0.05) is 4.47 Å². The van der Waals surface area contributed by atoms with E-state index < -0.39 is 0 Å². The van der Waals surface area contributed by atoms with Crippen LogP contribution in [0.1, 0.15) is 28.3 Å². The highest BCUT2D eigenvalue weighted by atomic mass is 79.9. The van der Waals surface area contributed by atoms with Crippen LogP contribution >= 0.6 is 15.9 Å². The third-order valence-electron chi connectivity index (χ3n) is 3.59. The molecule has 0 spiro atoms. The summed E-state index contributed by atoms with van der Waals surface area (Å²) in [6.07, 6.45) is 0.767. The first kappa shape index (κ1) is 16.0. The van der Waals surface area contributed by atoms with E-state index in [1.54, 1.807) is 7.11 Å². The van der Waals surface area contributed by atoms with E-state index in [4.69, 9.17) is 10.6 Å². The molecule has 2 aromatic carbocycles. The molecule has 0 heterocycles. The highest BCUT2D eigenvalue weighted by Gasteiger charge is 2.16. The predicted molar refractivity (Wildman–Crippen MR) is 90.4 cm³/mol. The Morgan fingerprint density at radius 2 is 1.81 bits per heavy atom. The van der Waals surface area contributed by atoms with Crippen molar-refractivity contribution in [3.05, 3.63) is 63.1 Å². The van der Waals surface area contributed by atoms with E-state index >= 15 is 0 Å². The van der Waals surface area contributed by atoms with Crippen LogP contribution in [-0.4, -0.2) is 7.11 Å². The van der Waals surface area contributed by atoms with Crippen LogP contribution in [0.3, 0.4) is 0 Å². The highest BCUT2D eigenvalue weighted by Crippen LogP contribution is 2.30. The molecule has 3 nitrogen and oxygen atoms in total. The molecule has 0 bridgehead atoms. The molecular formula is C17H21BrN2O. The molecule has 0 saturated heterocycles. The molecule has 0 aliphatic heterocycles. The van der Waals surface area contributed by atoms with Crippen molar-refractivity contribution in [1.29, 1.82) is 0 Å². The van der Waals surface area contributed by atoms with Crippen LogP contribution in [-0.2, 0) is 6.42 Å². The second kappa shape index (κ2) is 7.07. The van der Waals surface area contributed by atoms with Crippen molar-refractivity contribution in [3.8, 4) is 5.75 Å². The van der Waals surface area contributed by atoms with Gasteiger partial charge < -0.3 is 4.74 Å². The average molecular weight is 349 g/mol. The predicted octanol–water partition coefficient (Wildman–Crippen LogP) is 3.82. The largest absolute Gasteiger partial charge is 0.496 e. The molecule has 21 heavy (non-hydrogen) atoms. The lowest BCUT2D eigenvalue weighted by Crippen LogP contribution is -2.30. The molecular weight excluding hydrogens is 328 g/mol. The Balaban J connectivity index is 2.35. The van der Waals surface area contributed by atoms with Crippen molar-refractivity contribution in [2.75, 3.05) is 7.11 Å². The summed E-state index contributed by atoms with van der Waals surface area (Å²) in [7, 11) is 1.70. The molecule has 0 aliphatic carbocycles. The van der Waals surface area contributed by atoms with Crippen molar-refractivity contribution in [1.82, 2.24) is 5.43 Å². The average Bonchev–Trinajstić information content (AvgIpc) is 2.47. The maximum Gasteiger partial charge on any atom is 0.122 e. The number of hydrogen-bond acceptors (Lipinski definition) is 3. The molecule has 0 aromatic heterocycles. The van der Waals surface area contributed by atoms with Gasteiger partial charge in [0.25, 0.3) is 0 Å². The number of nitrogens with one attached hydrogen (secondary N) is 1. The van der Waals surface area contributed by atoms with E-state index in [0.717, 1.165) is 27.8 Å². The normalized spacial score (nSPS) is 12.2. The fourth-order valence-corrected chi connectivity index (χ4v) is 3.00. The minimum atomic E-state index is 0.0231. The Morgan fingerprint density at radius 3 is 2.48 bits per heavy atom. The molecule has 1 atom stereocenters. The monoisotopic (exact) mass is 348 g/mol. The van der Waals surface area contributed by atoms with Crippen LogP contribution < -0.4 is 16.0 Å². The molecule has 3 N–H and O–H groups in total. The Kier molecular flexibility index (Phi) is 5.39. The molecule has 2 aromatic rings. The standard InChI is InChI=1S/C17H21BrN2O/c1-11-5-7-17(21-3)13(8-11)10-16(20-19)14-9-12(2)4-6-15(14)18/h4-9,16,20H,10,19H2,1-3H3. The number of ether oxygens (including phenoxy) is 1. The van der Waals surface area contributed by atoms with Gasteiger partial charge in [-0.15, -0.1) is 0 Å². The second-order valence-corrected chi connectivity index (χ2v) is 6.12. The van der Waals surface area contributed by atoms with Crippen molar-refractivity contribution in [2.24, 2.45) is 5.84 Å². The summed E-state index contributed by atoms with van der Waals surface area (Å²) in [5.41, 5.74) is 7.65. The van der Waals surface area contributed by atoms with Crippen molar-refractivity contribution in [3.63, 3.8) is 0 Å². The van der Waals surface area contributed by atoms with Gasteiger partial charge in [0.1, 0.15) is 5.75 Å². The van der Waals surface area contributed by atoms with Crippen LogP contribution in [0.2, 0.25) is 0 Å². The molecule has 0 fully saturated rings. The van der Waals surface area contributed by atoms with Gasteiger partial charge in [-0.3, -0.25) is 11.3 Å². The number of hydrogen-bond donors (Lipinski definition) is 2. The fraction of sp³-hybridized carbons (Fsp3) is 0.294.